The number of hydrogen-bond acceptors (Lipinski definition) is 12. The van der Waals surface area contributed by atoms with E-state index < -0.39 is 36.0 Å². The zero-order valence-electron chi connectivity index (χ0n) is 25.5. The number of β-amino-alcohol motifs (C(OH)–C–C–N with tert-alkyl or cyclic N) is 1. The summed E-state index contributed by atoms with van der Waals surface area (Å²) in [6.07, 6.45) is -0.604. The van der Waals surface area contributed by atoms with Crippen LogP contribution in [0.25, 0.3) is 0 Å². The third-order valence-corrected chi connectivity index (χ3v) is 7.91. The Morgan fingerprint density at radius 1 is 0.761 bits per heavy atom. The Balaban J connectivity index is 1.55. The summed E-state index contributed by atoms with van der Waals surface area (Å²) in [5.74, 6) is -4.37. The number of aliphatic hydroxyl groups excluding tert-OH is 1. The number of benzene rings is 1. The quantitative estimate of drug-likeness (QED) is 0.0874. The number of carboxylic acids is 3. The predicted molar refractivity (Wildman–Crippen MR) is 168 cm³/mol. The maximum Gasteiger partial charge on any atom is 0.317 e. The van der Waals surface area contributed by atoms with E-state index in [0.717, 1.165) is 5.56 Å². The number of carbonyl (C=O) groups excluding carboxylic acids is 2. The SMILES string of the molecule is O=C(O)CN1CCN(CC(=O)O)CCN(CC(O)CNC(=S)Nc2ccc(C3CC(=O)OC(=O)C3)cc2)CCN(CC(=O)O)CC1. The van der Waals surface area contributed by atoms with Gasteiger partial charge >= 0.3 is 29.8 Å². The summed E-state index contributed by atoms with van der Waals surface area (Å²) in [7, 11) is 0. The van der Waals surface area contributed by atoms with Gasteiger partial charge in [-0.25, -0.2) is 0 Å². The van der Waals surface area contributed by atoms with Crippen LogP contribution in [0.4, 0.5) is 5.69 Å². The van der Waals surface area contributed by atoms with Crippen molar-refractivity contribution in [2.24, 2.45) is 0 Å². The van der Waals surface area contributed by atoms with Gasteiger partial charge in [-0.1, -0.05) is 12.1 Å². The fraction of sp³-hybridized carbons (Fsp3) is 0.586. The normalized spacial score (nSPS) is 19.3. The zero-order chi connectivity index (χ0) is 33.6. The fourth-order valence-corrected chi connectivity index (χ4v) is 5.52. The Morgan fingerprint density at radius 3 is 1.59 bits per heavy atom. The number of rotatable bonds is 12. The minimum atomic E-state index is -1.02. The second kappa shape index (κ2) is 18.4. The van der Waals surface area contributed by atoms with Crippen LogP contribution in [0.2, 0.25) is 0 Å². The van der Waals surface area contributed by atoms with E-state index in [1.807, 2.05) is 4.90 Å². The second-order valence-electron chi connectivity index (χ2n) is 11.4. The molecule has 0 aliphatic carbocycles. The predicted octanol–water partition coefficient (Wildman–Crippen LogP) is -1.24. The number of cyclic esters (lactones) is 2. The highest BCUT2D eigenvalue weighted by atomic mass is 32.1. The van der Waals surface area contributed by atoms with Crippen molar-refractivity contribution in [2.45, 2.75) is 24.9 Å². The minimum Gasteiger partial charge on any atom is -0.480 e. The van der Waals surface area contributed by atoms with Gasteiger partial charge in [0.25, 0.3) is 0 Å². The molecule has 1 aromatic rings. The third kappa shape index (κ3) is 13.7. The molecule has 0 spiro atoms. The van der Waals surface area contributed by atoms with Crippen molar-refractivity contribution in [1.82, 2.24) is 24.9 Å². The molecule has 0 radical (unpaired) electrons. The molecule has 254 valence electrons. The van der Waals surface area contributed by atoms with Crippen LogP contribution in [0.5, 0.6) is 0 Å². The van der Waals surface area contributed by atoms with Gasteiger partial charge in [0, 0.05) is 77.1 Å². The van der Waals surface area contributed by atoms with E-state index in [4.69, 9.17) is 12.2 Å². The first kappa shape index (κ1) is 36.7. The molecule has 1 atom stereocenters. The van der Waals surface area contributed by atoms with E-state index in [2.05, 4.69) is 15.4 Å². The van der Waals surface area contributed by atoms with Gasteiger partial charge in [-0.05, 0) is 29.9 Å². The van der Waals surface area contributed by atoms with E-state index >= 15 is 0 Å². The van der Waals surface area contributed by atoms with Gasteiger partial charge < -0.3 is 35.8 Å². The van der Waals surface area contributed by atoms with Crippen molar-refractivity contribution in [2.75, 3.05) is 90.4 Å². The Morgan fingerprint density at radius 2 is 1.17 bits per heavy atom. The first-order valence-electron chi connectivity index (χ1n) is 15.0. The van der Waals surface area contributed by atoms with Crippen LogP contribution >= 0.6 is 12.2 Å². The van der Waals surface area contributed by atoms with Crippen LogP contribution in [0, 0.1) is 0 Å². The molecule has 3 rings (SSSR count). The van der Waals surface area contributed by atoms with Gasteiger partial charge in [0.1, 0.15) is 0 Å². The molecule has 16 nitrogen and oxygen atoms in total. The Hall–Kier alpha value is -3.74. The summed E-state index contributed by atoms with van der Waals surface area (Å²) in [4.78, 5) is 64.5. The number of ether oxygens (including phenoxy) is 1. The van der Waals surface area contributed by atoms with Crippen LogP contribution in [0.3, 0.4) is 0 Å². The molecule has 1 unspecified atom stereocenters. The lowest BCUT2D eigenvalue weighted by molar-refractivity contribution is -0.164. The number of nitrogens with zero attached hydrogens (tertiary/aromatic N) is 4. The molecule has 17 heteroatoms. The minimum absolute atomic E-state index is 0.106. The lowest BCUT2D eigenvalue weighted by Gasteiger charge is -2.33. The number of hydrogen-bond donors (Lipinski definition) is 6. The van der Waals surface area contributed by atoms with Gasteiger partial charge in [0.15, 0.2) is 5.11 Å². The smallest absolute Gasteiger partial charge is 0.317 e. The summed E-state index contributed by atoms with van der Waals surface area (Å²) >= 11 is 5.38. The fourth-order valence-electron chi connectivity index (χ4n) is 5.32. The Labute approximate surface area is 271 Å². The first-order chi connectivity index (χ1) is 21.9. The summed E-state index contributed by atoms with van der Waals surface area (Å²) in [6.45, 7) is 2.32. The van der Waals surface area contributed by atoms with Crippen molar-refractivity contribution >= 4 is 52.9 Å². The van der Waals surface area contributed by atoms with Crippen molar-refractivity contribution in [3.8, 4) is 0 Å². The molecule has 2 heterocycles. The molecule has 6 N–H and O–H groups in total. The number of carbonyl (C=O) groups is 5. The van der Waals surface area contributed by atoms with E-state index in [9.17, 15) is 44.4 Å². The lowest BCUT2D eigenvalue weighted by atomic mass is 9.91. The van der Waals surface area contributed by atoms with Gasteiger partial charge in [-0.3, -0.25) is 43.6 Å². The van der Waals surface area contributed by atoms with Crippen molar-refractivity contribution in [1.29, 1.82) is 0 Å². The highest BCUT2D eigenvalue weighted by Gasteiger charge is 2.28. The highest BCUT2D eigenvalue weighted by molar-refractivity contribution is 7.80. The van der Waals surface area contributed by atoms with Gasteiger partial charge in [0.05, 0.1) is 38.6 Å². The molecule has 1 aromatic carbocycles. The molecule has 0 bridgehead atoms. The second-order valence-corrected chi connectivity index (χ2v) is 11.8. The summed E-state index contributed by atoms with van der Waals surface area (Å²) in [5.41, 5.74) is 1.50. The first-order valence-corrected chi connectivity index (χ1v) is 15.4. The van der Waals surface area contributed by atoms with Crippen LogP contribution in [0.1, 0.15) is 24.3 Å². The van der Waals surface area contributed by atoms with Crippen LogP contribution in [0.15, 0.2) is 24.3 Å². The van der Waals surface area contributed by atoms with Gasteiger partial charge in [-0.15, -0.1) is 0 Å². The van der Waals surface area contributed by atoms with E-state index in [1.165, 1.54) is 0 Å². The number of thiocarbonyl (C=S) groups is 1. The number of aliphatic carboxylic acids is 3. The number of carboxylic acid groups (broad SMARTS) is 3. The number of nitrogens with one attached hydrogen (secondary N) is 2. The third-order valence-electron chi connectivity index (χ3n) is 7.67. The molecule has 0 amide bonds. The van der Waals surface area contributed by atoms with Crippen molar-refractivity contribution in [3.63, 3.8) is 0 Å². The number of anilines is 1. The van der Waals surface area contributed by atoms with Crippen LogP contribution in [-0.4, -0.2) is 166 Å². The molecule has 2 fully saturated rings. The summed E-state index contributed by atoms with van der Waals surface area (Å²) in [6, 6.07) is 7.15. The maximum absolute atomic E-state index is 11.6. The number of esters is 2. The molecular formula is C29H42N6O10S. The van der Waals surface area contributed by atoms with Crippen molar-refractivity contribution in [3.05, 3.63) is 29.8 Å². The molecule has 0 saturated carbocycles. The summed E-state index contributed by atoms with van der Waals surface area (Å²) in [5, 5.41) is 45.2. The van der Waals surface area contributed by atoms with E-state index in [-0.39, 0.29) is 56.6 Å². The Bertz CT molecular complexity index is 1190. The Kier molecular flexibility index (Phi) is 14.7. The monoisotopic (exact) mass is 666 g/mol. The van der Waals surface area contributed by atoms with Gasteiger partial charge in [0.2, 0.25) is 0 Å². The molecular weight excluding hydrogens is 624 g/mol. The number of aliphatic hydroxyl groups is 1. The topological polar surface area (TPSA) is 213 Å². The van der Waals surface area contributed by atoms with Gasteiger partial charge in [-0.2, -0.15) is 0 Å². The zero-order valence-corrected chi connectivity index (χ0v) is 26.3. The molecule has 2 aliphatic heterocycles. The highest BCUT2D eigenvalue weighted by Crippen LogP contribution is 2.29. The standard InChI is InChI=1S/C29H42N6O10S/c36-23(15-30-29(46)31-22-3-1-20(2-4-22)21-13-27(43)45-28(44)14-21)16-32-5-7-33(17-24(37)38)9-11-35(19-26(41)42)12-10-34(8-6-32)18-25(39)40/h1-4,21,23,36H,5-19H2,(H,37,38)(H,39,40)(H,41,42)(H2,30,31,46). The largest absolute Gasteiger partial charge is 0.480 e. The summed E-state index contributed by atoms with van der Waals surface area (Å²) < 4.78 is 4.59. The average Bonchev–Trinajstić information content (AvgIpc) is 2.96. The van der Waals surface area contributed by atoms with Crippen LogP contribution in [-0.2, 0) is 28.7 Å². The molecule has 2 saturated heterocycles. The average molecular weight is 667 g/mol. The van der Waals surface area contributed by atoms with Crippen molar-refractivity contribution < 1.29 is 49.1 Å². The van der Waals surface area contributed by atoms with E-state index in [1.54, 1.807) is 39.0 Å². The molecule has 0 aromatic heterocycles. The van der Waals surface area contributed by atoms with Crippen LogP contribution < -0.4 is 10.6 Å². The lowest BCUT2D eigenvalue weighted by Crippen LogP contribution is -2.50. The maximum atomic E-state index is 11.6. The molecule has 46 heavy (non-hydrogen) atoms. The molecule has 2 aliphatic rings. The van der Waals surface area contributed by atoms with E-state index in [0.29, 0.717) is 58.0 Å².